The third kappa shape index (κ3) is 14.9. The van der Waals surface area contributed by atoms with Gasteiger partial charge in [0.25, 0.3) is 0 Å². The molecule has 0 saturated carbocycles. The number of hydrogen-bond acceptors (Lipinski definition) is 4. The number of allylic oxidation sites excluding steroid dienone is 2. The number of carbonyl (C=O) groups is 1. The molecule has 0 atom stereocenters. The van der Waals surface area contributed by atoms with Gasteiger partial charge in [-0.2, -0.15) is 13.2 Å². The summed E-state index contributed by atoms with van der Waals surface area (Å²) in [5, 5.41) is 3.42. The fourth-order valence-electron chi connectivity index (χ4n) is 3.19. The number of ketones is 1. The van der Waals surface area contributed by atoms with Gasteiger partial charge in [-0.1, -0.05) is 88.8 Å². The Balaban J connectivity index is 0. The molecule has 0 aliphatic heterocycles. The summed E-state index contributed by atoms with van der Waals surface area (Å²) >= 11 is 0. The van der Waals surface area contributed by atoms with Crippen LogP contribution in [0.25, 0.3) is 5.57 Å². The van der Waals surface area contributed by atoms with Gasteiger partial charge in [-0.3, -0.25) is 4.79 Å². The number of alkyl halides is 3. The minimum absolute atomic E-state index is 0.155. The molecule has 4 nitrogen and oxygen atoms in total. The topological polar surface area (TPSA) is 52.3 Å². The molecule has 240 valence electrons. The number of methoxy groups -OCH3 is 1. The first-order valence-electron chi connectivity index (χ1n) is 14.5. The lowest BCUT2D eigenvalue weighted by atomic mass is 9.89. The number of halogens is 3. The first-order valence-corrected chi connectivity index (χ1v) is 14.5. The van der Waals surface area contributed by atoms with Gasteiger partial charge in [0.05, 0.1) is 12.8 Å². The van der Waals surface area contributed by atoms with Crippen molar-refractivity contribution in [3.63, 3.8) is 0 Å². The van der Waals surface area contributed by atoms with Crippen molar-refractivity contribution in [2.75, 3.05) is 7.11 Å². The molecule has 0 unspecified atom stereocenters. The normalized spacial score (nSPS) is 10.2. The third-order valence-corrected chi connectivity index (χ3v) is 5.99. The molecule has 43 heavy (non-hydrogen) atoms. The number of benzene rings is 2. The molecular formula is C36H52F3NO3. The smallest absolute Gasteiger partial charge is 0.401 e. The van der Waals surface area contributed by atoms with Crippen LogP contribution in [0.3, 0.4) is 0 Å². The standard InChI is InChI=1S/C13H14O.C10H14O.C8H10F3NO.C3H8.C2H6/c1-4-10(2)13-7-5-12(6-8-13)9-11(3)14;1-7-5-9(3)10(11-4)6-8(7)2;1-5-4-6(13-12-5)7(2,3)8(9,10)11;1-3-2;1-2/h4-8H,1-2,9H2,3H3;5-6H,1-4H3;4H,1-3H3;3H2,1-2H3;1-2H3. The van der Waals surface area contributed by atoms with E-state index in [1.165, 1.54) is 29.2 Å². The van der Waals surface area contributed by atoms with E-state index in [4.69, 9.17) is 4.74 Å². The van der Waals surface area contributed by atoms with Crippen LogP contribution in [0.1, 0.15) is 94.2 Å². The Kier molecular flexibility index (Phi) is 19.6. The zero-order valence-corrected chi connectivity index (χ0v) is 28.3. The second-order valence-corrected chi connectivity index (χ2v) is 10.4. The molecule has 2 aromatic carbocycles. The molecule has 3 aromatic rings. The van der Waals surface area contributed by atoms with E-state index in [1.54, 1.807) is 27.0 Å². The van der Waals surface area contributed by atoms with Crippen molar-refractivity contribution in [1.82, 2.24) is 5.16 Å². The van der Waals surface area contributed by atoms with Crippen molar-refractivity contribution >= 4 is 11.4 Å². The number of carbonyl (C=O) groups excluding carboxylic acids is 1. The predicted octanol–water partition coefficient (Wildman–Crippen LogP) is 10.9. The molecule has 0 N–H and O–H groups in total. The Morgan fingerprint density at radius 2 is 1.44 bits per heavy atom. The maximum absolute atomic E-state index is 12.4. The van der Waals surface area contributed by atoms with Gasteiger partial charge in [-0.05, 0) is 87.9 Å². The highest BCUT2D eigenvalue weighted by atomic mass is 19.4. The summed E-state index contributed by atoms with van der Waals surface area (Å²) in [6.07, 6.45) is -0.847. The highest BCUT2D eigenvalue weighted by Gasteiger charge is 2.51. The molecule has 0 amide bonds. The van der Waals surface area contributed by atoms with Crippen LogP contribution < -0.4 is 4.74 Å². The molecule has 0 fully saturated rings. The Morgan fingerprint density at radius 3 is 1.81 bits per heavy atom. The summed E-state index contributed by atoms with van der Waals surface area (Å²) in [5.74, 6) is 1.01. The van der Waals surface area contributed by atoms with E-state index in [9.17, 15) is 18.0 Å². The Hall–Kier alpha value is -3.61. The molecule has 3 rings (SSSR count). The quantitative estimate of drug-likeness (QED) is 0.263. The number of Topliss-reactive ketones (excluding diaryl/α,β-unsaturated/α-hetero) is 1. The fraction of sp³-hybridized carbons (Fsp3) is 0.444. The summed E-state index contributed by atoms with van der Waals surface area (Å²) in [6, 6.07) is 13.3. The molecule has 0 spiro atoms. The predicted molar refractivity (Wildman–Crippen MR) is 175 cm³/mol. The van der Waals surface area contributed by atoms with Gasteiger partial charge in [0.15, 0.2) is 5.76 Å². The number of aryl methyl sites for hydroxylation is 4. The zero-order chi connectivity index (χ0) is 34.0. The Morgan fingerprint density at radius 1 is 0.953 bits per heavy atom. The van der Waals surface area contributed by atoms with Crippen LogP contribution in [0.15, 0.2) is 66.2 Å². The van der Waals surface area contributed by atoms with Gasteiger partial charge < -0.3 is 9.26 Å². The molecule has 1 heterocycles. The van der Waals surface area contributed by atoms with Crippen LogP contribution in [-0.2, 0) is 16.6 Å². The zero-order valence-electron chi connectivity index (χ0n) is 28.3. The first-order chi connectivity index (χ1) is 19.9. The molecule has 7 heteroatoms. The van der Waals surface area contributed by atoms with Crippen LogP contribution in [0, 0.1) is 27.7 Å². The Bertz CT molecular complexity index is 1250. The highest BCUT2D eigenvalue weighted by Crippen LogP contribution is 2.40. The van der Waals surface area contributed by atoms with E-state index in [0.29, 0.717) is 12.1 Å². The molecule has 0 saturated heterocycles. The number of nitrogens with zero attached hydrogens (tertiary/aromatic N) is 1. The lowest BCUT2D eigenvalue weighted by molar-refractivity contribution is -0.185. The molecule has 0 bridgehead atoms. The maximum atomic E-state index is 12.4. The van der Waals surface area contributed by atoms with Crippen LogP contribution in [-0.4, -0.2) is 24.2 Å². The molecular weight excluding hydrogens is 551 g/mol. The minimum atomic E-state index is -4.32. The van der Waals surface area contributed by atoms with E-state index < -0.39 is 11.6 Å². The van der Waals surface area contributed by atoms with Crippen molar-refractivity contribution in [2.45, 2.75) is 101 Å². The highest BCUT2D eigenvalue weighted by molar-refractivity contribution is 5.78. The van der Waals surface area contributed by atoms with Gasteiger partial charge >= 0.3 is 6.18 Å². The van der Waals surface area contributed by atoms with Gasteiger partial charge in [-0.15, -0.1) is 0 Å². The van der Waals surface area contributed by atoms with Crippen molar-refractivity contribution < 1.29 is 27.2 Å². The summed E-state index contributed by atoms with van der Waals surface area (Å²) < 4.78 is 47.1. The summed E-state index contributed by atoms with van der Waals surface area (Å²) in [5.41, 5.74) is 5.28. The van der Waals surface area contributed by atoms with Crippen molar-refractivity contribution in [2.24, 2.45) is 0 Å². The fourth-order valence-corrected chi connectivity index (χ4v) is 3.19. The van der Waals surface area contributed by atoms with Gasteiger partial charge in [0.2, 0.25) is 0 Å². The maximum Gasteiger partial charge on any atom is 0.401 e. The molecule has 0 aliphatic carbocycles. The van der Waals surface area contributed by atoms with Gasteiger partial charge in [0, 0.05) is 12.5 Å². The number of hydrogen-bond donors (Lipinski definition) is 0. The second-order valence-electron chi connectivity index (χ2n) is 10.4. The van der Waals surface area contributed by atoms with Crippen molar-refractivity contribution in [3.05, 3.63) is 101 Å². The van der Waals surface area contributed by atoms with Crippen LogP contribution in [0.5, 0.6) is 5.75 Å². The third-order valence-electron chi connectivity index (χ3n) is 5.99. The van der Waals surface area contributed by atoms with E-state index in [2.05, 4.69) is 69.6 Å². The van der Waals surface area contributed by atoms with E-state index in [-0.39, 0.29) is 11.5 Å². The van der Waals surface area contributed by atoms with Gasteiger partial charge in [0.1, 0.15) is 16.9 Å². The second kappa shape index (κ2) is 20.3. The van der Waals surface area contributed by atoms with E-state index in [1.807, 2.05) is 38.1 Å². The van der Waals surface area contributed by atoms with E-state index in [0.717, 1.165) is 36.3 Å². The Labute approximate surface area is 258 Å². The number of aromatic nitrogens is 1. The lowest BCUT2D eigenvalue weighted by Gasteiger charge is -2.24. The monoisotopic (exact) mass is 603 g/mol. The van der Waals surface area contributed by atoms with Crippen molar-refractivity contribution in [1.29, 1.82) is 0 Å². The average Bonchev–Trinajstić information content (AvgIpc) is 3.39. The van der Waals surface area contributed by atoms with E-state index >= 15 is 0 Å². The largest absolute Gasteiger partial charge is 0.496 e. The van der Waals surface area contributed by atoms with Gasteiger partial charge in [-0.25, -0.2) is 0 Å². The van der Waals surface area contributed by atoms with Crippen molar-refractivity contribution in [3.8, 4) is 5.75 Å². The first kappa shape index (κ1) is 41.5. The molecule has 0 aliphatic rings. The van der Waals surface area contributed by atoms with Crippen LogP contribution >= 0.6 is 0 Å². The summed E-state index contributed by atoms with van der Waals surface area (Å²) in [4.78, 5) is 10.9. The summed E-state index contributed by atoms with van der Waals surface area (Å²) in [7, 11) is 1.71. The summed E-state index contributed by atoms with van der Waals surface area (Å²) in [6.45, 7) is 27.3. The van der Waals surface area contributed by atoms with Crippen LogP contribution in [0.2, 0.25) is 0 Å². The van der Waals surface area contributed by atoms with Crippen LogP contribution in [0.4, 0.5) is 13.2 Å². The number of ether oxygens (including phenoxy) is 1. The molecule has 1 aromatic heterocycles. The SMILES string of the molecule is C=CC(=C)c1ccc(CC(C)=O)cc1.CC.CCC.COc1cc(C)c(C)cc1C.Cc1cc(C(C)(C)C(F)(F)F)on1. The number of rotatable bonds is 6. The minimum Gasteiger partial charge on any atom is -0.496 e. The molecule has 0 radical (unpaired) electrons. The lowest BCUT2D eigenvalue weighted by Crippen LogP contribution is -2.35. The average molecular weight is 604 g/mol.